The zero-order chi connectivity index (χ0) is 12.2. The highest BCUT2D eigenvalue weighted by Crippen LogP contribution is 2.29. The lowest BCUT2D eigenvalue weighted by atomic mass is 9.90. The number of hydrogen-bond donors (Lipinski definition) is 2. The molecule has 2 amide bonds. The molecule has 1 rings (SSSR count). The quantitative estimate of drug-likeness (QED) is 0.673. The third-order valence-corrected chi connectivity index (χ3v) is 2.86. The molecule has 0 saturated carbocycles. The highest BCUT2D eigenvalue weighted by molar-refractivity contribution is 5.79. The summed E-state index contributed by atoms with van der Waals surface area (Å²) in [5.41, 5.74) is -0.807. The molecule has 1 unspecified atom stereocenters. The van der Waals surface area contributed by atoms with Crippen LogP contribution in [0.5, 0.6) is 0 Å². The number of urea groups is 1. The highest BCUT2D eigenvalue weighted by atomic mass is 16.5. The first kappa shape index (κ1) is 12.8. The van der Waals surface area contributed by atoms with Gasteiger partial charge in [-0.1, -0.05) is 0 Å². The van der Waals surface area contributed by atoms with Crippen molar-refractivity contribution >= 4 is 12.0 Å². The maximum atomic E-state index is 11.6. The third-order valence-electron chi connectivity index (χ3n) is 2.86. The van der Waals surface area contributed by atoms with Crippen molar-refractivity contribution in [3.8, 4) is 0 Å². The Balaban J connectivity index is 2.41. The number of methoxy groups -OCH3 is 1. The van der Waals surface area contributed by atoms with Crippen molar-refractivity contribution in [1.29, 1.82) is 0 Å². The van der Waals surface area contributed by atoms with Crippen LogP contribution in [0, 0.1) is 5.41 Å². The summed E-state index contributed by atoms with van der Waals surface area (Å²) in [6.07, 6.45) is 0.500. The van der Waals surface area contributed by atoms with Crippen molar-refractivity contribution in [3.05, 3.63) is 0 Å². The molecule has 16 heavy (non-hydrogen) atoms. The largest absolute Gasteiger partial charge is 0.481 e. The van der Waals surface area contributed by atoms with Crippen LogP contribution >= 0.6 is 0 Å². The Morgan fingerprint density at radius 1 is 1.56 bits per heavy atom. The van der Waals surface area contributed by atoms with Gasteiger partial charge in [-0.25, -0.2) is 4.79 Å². The van der Waals surface area contributed by atoms with Crippen LogP contribution in [0.3, 0.4) is 0 Å². The molecule has 0 aliphatic carbocycles. The number of ether oxygens (including phenoxy) is 1. The second-order valence-electron chi connectivity index (χ2n) is 4.26. The molecular weight excluding hydrogens is 212 g/mol. The molecule has 1 heterocycles. The minimum Gasteiger partial charge on any atom is -0.481 e. The zero-order valence-corrected chi connectivity index (χ0v) is 9.65. The molecule has 6 nitrogen and oxygen atoms in total. The van der Waals surface area contributed by atoms with Gasteiger partial charge in [0.15, 0.2) is 0 Å². The maximum Gasteiger partial charge on any atom is 0.317 e. The van der Waals surface area contributed by atoms with Crippen LogP contribution in [0.2, 0.25) is 0 Å². The molecule has 1 saturated heterocycles. The van der Waals surface area contributed by atoms with E-state index < -0.39 is 11.4 Å². The van der Waals surface area contributed by atoms with E-state index in [0.717, 1.165) is 0 Å². The topological polar surface area (TPSA) is 78.9 Å². The SMILES string of the molecule is COCCNC(=O)N1CCC(C)(C(=O)O)C1. The van der Waals surface area contributed by atoms with E-state index in [4.69, 9.17) is 9.84 Å². The molecule has 1 atom stereocenters. The van der Waals surface area contributed by atoms with Gasteiger partial charge < -0.3 is 20.1 Å². The number of carboxylic acids is 1. The summed E-state index contributed by atoms with van der Waals surface area (Å²) >= 11 is 0. The van der Waals surface area contributed by atoms with Crippen LogP contribution in [0.15, 0.2) is 0 Å². The molecule has 0 radical (unpaired) electrons. The molecule has 1 aliphatic heterocycles. The van der Waals surface area contributed by atoms with E-state index in [1.807, 2.05) is 0 Å². The normalized spacial score (nSPS) is 24.5. The first-order valence-electron chi connectivity index (χ1n) is 5.25. The molecular formula is C10H18N2O4. The number of rotatable bonds is 4. The number of nitrogens with zero attached hydrogens (tertiary/aromatic N) is 1. The molecule has 0 aromatic carbocycles. The molecule has 0 bridgehead atoms. The van der Waals surface area contributed by atoms with Crippen molar-refractivity contribution in [1.82, 2.24) is 10.2 Å². The van der Waals surface area contributed by atoms with Gasteiger partial charge in [0, 0.05) is 26.7 Å². The molecule has 6 heteroatoms. The summed E-state index contributed by atoms with van der Waals surface area (Å²) in [4.78, 5) is 24.1. The second kappa shape index (κ2) is 5.16. The van der Waals surface area contributed by atoms with E-state index in [-0.39, 0.29) is 12.6 Å². The number of carbonyl (C=O) groups excluding carboxylic acids is 1. The lowest BCUT2D eigenvalue weighted by Gasteiger charge is -2.20. The minimum atomic E-state index is -0.848. The molecule has 92 valence electrons. The molecule has 2 N–H and O–H groups in total. The summed E-state index contributed by atoms with van der Waals surface area (Å²) in [6.45, 7) is 3.31. The summed E-state index contributed by atoms with van der Waals surface area (Å²) in [5.74, 6) is -0.848. The number of carbonyl (C=O) groups is 2. The van der Waals surface area contributed by atoms with Crippen molar-refractivity contribution in [2.75, 3.05) is 33.4 Å². The summed E-state index contributed by atoms with van der Waals surface area (Å²) < 4.78 is 4.81. The van der Waals surface area contributed by atoms with Gasteiger partial charge in [-0.2, -0.15) is 0 Å². The average molecular weight is 230 g/mol. The smallest absolute Gasteiger partial charge is 0.317 e. The van der Waals surface area contributed by atoms with Gasteiger partial charge in [-0.05, 0) is 13.3 Å². The fourth-order valence-electron chi connectivity index (χ4n) is 1.68. The Morgan fingerprint density at radius 3 is 2.75 bits per heavy atom. The molecule has 0 spiro atoms. The first-order chi connectivity index (χ1) is 7.49. The van der Waals surface area contributed by atoms with E-state index in [1.54, 1.807) is 14.0 Å². The first-order valence-corrected chi connectivity index (χ1v) is 5.25. The van der Waals surface area contributed by atoms with E-state index in [0.29, 0.717) is 26.1 Å². The van der Waals surface area contributed by atoms with Gasteiger partial charge in [0.25, 0.3) is 0 Å². The molecule has 1 fully saturated rings. The van der Waals surface area contributed by atoms with Crippen molar-refractivity contribution in [2.45, 2.75) is 13.3 Å². The van der Waals surface area contributed by atoms with E-state index >= 15 is 0 Å². The van der Waals surface area contributed by atoms with Crippen molar-refractivity contribution < 1.29 is 19.4 Å². The summed E-state index contributed by atoms with van der Waals surface area (Å²) in [7, 11) is 1.56. The number of likely N-dealkylation sites (tertiary alicyclic amines) is 1. The number of hydrogen-bond acceptors (Lipinski definition) is 3. The minimum absolute atomic E-state index is 0.220. The van der Waals surface area contributed by atoms with Crippen LogP contribution in [-0.4, -0.2) is 55.4 Å². The van der Waals surface area contributed by atoms with Crippen LogP contribution in [0.1, 0.15) is 13.3 Å². The number of carboxylic acid groups (broad SMARTS) is 1. The molecule has 1 aliphatic rings. The standard InChI is InChI=1S/C10H18N2O4/c1-10(8(13)14)3-5-12(7-10)9(15)11-4-6-16-2/h3-7H2,1-2H3,(H,11,15)(H,13,14). The van der Waals surface area contributed by atoms with Gasteiger partial charge in [0.1, 0.15) is 0 Å². The summed E-state index contributed by atoms with van der Waals surface area (Å²) in [6, 6.07) is -0.220. The monoisotopic (exact) mass is 230 g/mol. The molecule has 0 aromatic rings. The lowest BCUT2D eigenvalue weighted by molar-refractivity contribution is -0.146. The van der Waals surface area contributed by atoms with Crippen LogP contribution in [0.4, 0.5) is 4.79 Å². The Labute approximate surface area is 94.6 Å². The van der Waals surface area contributed by atoms with E-state index in [2.05, 4.69) is 5.32 Å². The Hall–Kier alpha value is -1.30. The number of amides is 2. The van der Waals surface area contributed by atoms with Crippen LogP contribution in [0.25, 0.3) is 0 Å². The van der Waals surface area contributed by atoms with Gasteiger partial charge in [-0.15, -0.1) is 0 Å². The Bertz CT molecular complexity index is 282. The van der Waals surface area contributed by atoms with Gasteiger partial charge in [-0.3, -0.25) is 4.79 Å². The predicted octanol–water partition coefficient (Wildman–Crippen LogP) is 0.139. The van der Waals surface area contributed by atoms with E-state index in [9.17, 15) is 9.59 Å². The van der Waals surface area contributed by atoms with Crippen molar-refractivity contribution in [3.63, 3.8) is 0 Å². The van der Waals surface area contributed by atoms with Gasteiger partial charge in [0.05, 0.1) is 12.0 Å². The summed E-state index contributed by atoms with van der Waals surface area (Å²) in [5, 5.41) is 11.7. The second-order valence-corrected chi connectivity index (χ2v) is 4.26. The molecule has 0 aromatic heterocycles. The maximum absolute atomic E-state index is 11.6. The van der Waals surface area contributed by atoms with Crippen molar-refractivity contribution in [2.24, 2.45) is 5.41 Å². The average Bonchev–Trinajstić information content (AvgIpc) is 2.63. The number of aliphatic carboxylic acids is 1. The lowest BCUT2D eigenvalue weighted by Crippen LogP contribution is -2.41. The fourth-order valence-corrected chi connectivity index (χ4v) is 1.68. The fraction of sp³-hybridized carbons (Fsp3) is 0.800. The Morgan fingerprint density at radius 2 is 2.25 bits per heavy atom. The van der Waals surface area contributed by atoms with Gasteiger partial charge in [0.2, 0.25) is 0 Å². The zero-order valence-electron chi connectivity index (χ0n) is 9.65. The van der Waals surface area contributed by atoms with Crippen LogP contribution in [-0.2, 0) is 9.53 Å². The van der Waals surface area contributed by atoms with E-state index in [1.165, 1.54) is 4.90 Å². The van der Waals surface area contributed by atoms with Gasteiger partial charge >= 0.3 is 12.0 Å². The predicted molar refractivity (Wildman–Crippen MR) is 57.2 cm³/mol. The highest BCUT2D eigenvalue weighted by Gasteiger charge is 2.41. The number of nitrogens with one attached hydrogen (secondary N) is 1. The third kappa shape index (κ3) is 2.85. The Kier molecular flexibility index (Phi) is 4.12. The van der Waals surface area contributed by atoms with Crippen LogP contribution < -0.4 is 5.32 Å².